The van der Waals surface area contributed by atoms with Gasteiger partial charge in [0, 0.05) is 5.69 Å². The molecule has 0 unspecified atom stereocenters. The minimum absolute atomic E-state index is 0.263. The first-order valence-electron chi connectivity index (χ1n) is 5.67. The number of rotatable bonds is 2. The lowest BCUT2D eigenvalue weighted by atomic mass is 10.1. The molecule has 3 heteroatoms. The third kappa shape index (κ3) is 2.65. The average molecular weight is 223 g/mol. The SMILES string of the molecule is CCc1c(C(=O)OC(C)(C)C)[nH]c(C)c1C. The Morgan fingerprint density at radius 1 is 1.31 bits per heavy atom. The molecule has 16 heavy (non-hydrogen) atoms. The number of carbonyl (C=O) groups is 1. The molecule has 1 aromatic heterocycles. The van der Waals surface area contributed by atoms with E-state index in [1.54, 1.807) is 0 Å². The van der Waals surface area contributed by atoms with Crippen LogP contribution < -0.4 is 0 Å². The van der Waals surface area contributed by atoms with E-state index in [9.17, 15) is 4.79 Å². The molecule has 0 atom stereocenters. The van der Waals surface area contributed by atoms with Gasteiger partial charge in [-0.3, -0.25) is 0 Å². The molecule has 1 heterocycles. The Bertz CT molecular complexity index is 397. The summed E-state index contributed by atoms with van der Waals surface area (Å²) in [4.78, 5) is 15.1. The normalized spacial score (nSPS) is 11.6. The van der Waals surface area contributed by atoms with Crippen LogP contribution in [0.25, 0.3) is 0 Å². The van der Waals surface area contributed by atoms with Crippen LogP contribution in [0.2, 0.25) is 0 Å². The third-order valence-electron chi connectivity index (χ3n) is 2.59. The van der Waals surface area contributed by atoms with Crippen molar-refractivity contribution in [1.29, 1.82) is 0 Å². The number of aryl methyl sites for hydroxylation is 1. The number of carbonyl (C=O) groups excluding carboxylic acids is 1. The molecule has 0 aliphatic rings. The molecule has 90 valence electrons. The lowest BCUT2D eigenvalue weighted by Crippen LogP contribution is -2.24. The largest absolute Gasteiger partial charge is 0.455 e. The highest BCUT2D eigenvalue weighted by Crippen LogP contribution is 2.21. The van der Waals surface area contributed by atoms with Crippen LogP contribution in [-0.4, -0.2) is 16.6 Å². The molecule has 1 aromatic rings. The molecule has 0 amide bonds. The summed E-state index contributed by atoms with van der Waals surface area (Å²) in [6.45, 7) is 11.7. The van der Waals surface area contributed by atoms with Crippen molar-refractivity contribution in [2.24, 2.45) is 0 Å². The highest BCUT2D eigenvalue weighted by Gasteiger charge is 2.22. The second-order valence-corrected chi connectivity index (χ2v) is 5.08. The summed E-state index contributed by atoms with van der Waals surface area (Å²) >= 11 is 0. The van der Waals surface area contributed by atoms with Gasteiger partial charge >= 0.3 is 5.97 Å². The van der Waals surface area contributed by atoms with Gasteiger partial charge in [0.15, 0.2) is 0 Å². The van der Waals surface area contributed by atoms with E-state index < -0.39 is 5.60 Å². The zero-order valence-corrected chi connectivity index (χ0v) is 11.0. The van der Waals surface area contributed by atoms with E-state index in [-0.39, 0.29) is 5.97 Å². The molecule has 0 spiro atoms. The zero-order valence-electron chi connectivity index (χ0n) is 11.0. The maximum atomic E-state index is 12.0. The molecule has 1 N–H and O–H groups in total. The number of H-pyrrole nitrogens is 1. The molecule has 0 aliphatic heterocycles. The fourth-order valence-corrected chi connectivity index (χ4v) is 1.72. The van der Waals surface area contributed by atoms with Gasteiger partial charge in [-0.2, -0.15) is 0 Å². The van der Waals surface area contributed by atoms with Gasteiger partial charge in [-0.1, -0.05) is 6.92 Å². The van der Waals surface area contributed by atoms with Crippen LogP contribution in [0.5, 0.6) is 0 Å². The Morgan fingerprint density at radius 3 is 2.31 bits per heavy atom. The number of ether oxygens (including phenoxy) is 1. The quantitative estimate of drug-likeness (QED) is 0.782. The van der Waals surface area contributed by atoms with Gasteiger partial charge in [0.05, 0.1) is 0 Å². The predicted octanol–water partition coefficient (Wildman–Crippen LogP) is 3.15. The Kier molecular flexibility index (Phi) is 3.46. The number of nitrogens with one attached hydrogen (secondary N) is 1. The van der Waals surface area contributed by atoms with Gasteiger partial charge in [-0.05, 0) is 52.2 Å². The van der Waals surface area contributed by atoms with Crippen molar-refractivity contribution in [3.05, 3.63) is 22.5 Å². The molecular formula is C13H21NO2. The third-order valence-corrected chi connectivity index (χ3v) is 2.59. The van der Waals surface area contributed by atoms with E-state index in [0.29, 0.717) is 5.69 Å². The smallest absolute Gasteiger partial charge is 0.355 e. The topological polar surface area (TPSA) is 42.1 Å². The summed E-state index contributed by atoms with van der Waals surface area (Å²) in [5.41, 5.74) is 3.41. The lowest BCUT2D eigenvalue weighted by Gasteiger charge is -2.19. The summed E-state index contributed by atoms with van der Waals surface area (Å²) in [7, 11) is 0. The second kappa shape index (κ2) is 4.32. The summed E-state index contributed by atoms with van der Waals surface area (Å²) < 4.78 is 5.36. The minimum atomic E-state index is -0.449. The van der Waals surface area contributed by atoms with E-state index >= 15 is 0 Å². The van der Waals surface area contributed by atoms with Crippen molar-refractivity contribution in [3.63, 3.8) is 0 Å². The van der Waals surface area contributed by atoms with Gasteiger partial charge < -0.3 is 9.72 Å². The molecule has 1 rings (SSSR count). The van der Waals surface area contributed by atoms with Crippen molar-refractivity contribution in [2.45, 2.75) is 53.6 Å². The van der Waals surface area contributed by atoms with Gasteiger partial charge in [-0.25, -0.2) is 4.79 Å². The molecule has 0 bridgehead atoms. The maximum absolute atomic E-state index is 12.0. The van der Waals surface area contributed by atoms with Crippen LogP contribution in [0.1, 0.15) is 55.0 Å². The van der Waals surface area contributed by atoms with Crippen LogP contribution in [0.3, 0.4) is 0 Å². The van der Waals surface area contributed by atoms with Crippen LogP contribution in [0.15, 0.2) is 0 Å². The Labute approximate surface area is 97.2 Å². The summed E-state index contributed by atoms with van der Waals surface area (Å²) in [6, 6.07) is 0. The molecule has 0 aromatic carbocycles. The van der Waals surface area contributed by atoms with Crippen LogP contribution in [0, 0.1) is 13.8 Å². The summed E-state index contributed by atoms with van der Waals surface area (Å²) in [5, 5.41) is 0. The minimum Gasteiger partial charge on any atom is -0.455 e. The predicted molar refractivity (Wildman–Crippen MR) is 64.8 cm³/mol. The highest BCUT2D eigenvalue weighted by molar-refractivity contribution is 5.90. The van der Waals surface area contributed by atoms with Crippen molar-refractivity contribution in [1.82, 2.24) is 4.98 Å². The van der Waals surface area contributed by atoms with E-state index in [4.69, 9.17) is 4.74 Å². The van der Waals surface area contributed by atoms with E-state index in [0.717, 1.165) is 23.2 Å². The van der Waals surface area contributed by atoms with Gasteiger partial charge in [0.1, 0.15) is 11.3 Å². The van der Waals surface area contributed by atoms with Crippen molar-refractivity contribution < 1.29 is 9.53 Å². The van der Waals surface area contributed by atoms with Crippen LogP contribution in [-0.2, 0) is 11.2 Å². The molecule has 0 saturated carbocycles. The van der Waals surface area contributed by atoms with E-state index in [1.165, 1.54) is 0 Å². The number of aromatic nitrogens is 1. The first kappa shape index (κ1) is 12.8. The Hall–Kier alpha value is -1.25. The summed E-state index contributed by atoms with van der Waals surface area (Å²) in [5.74, 6) is -0.263. The fraction of sp³-hybridized carbons (Fsp3) is 0.615. The monoisotopic (exact) mass is 223 g/mol. The fourth-order valence-electron chi connectivity index (χ4n) is 1.72. The van der Waals surface area contributed by atoms with Gasteiger partial charge in [0.2, 0.25) is 0 Å². The first-order chi connectivity index (χ1) is 7.26. The standard InChI is InChI=1S/C13H21NO2/c1-7-10-8(2)9(3)14-11(10)12(15)16-13(4,5)6/h14H,7H2,1-6H3. The molecular weight excluding hydrogens is 202 g/mol. The average Bonchev–Trinajstić information content (AvgIpc) is 2.40. The number of hydrogen-bond acceptors (Lipinski definition) is 2. The molecule has 0 saturated heterocycles. The van der Waals surface area contributed by atoms with Crippen molar-refractivity contribution in [2.75, 3.05) is 0 Å². The Balaban J connectivity index is 3.05. The van der Waals surface area contributed by atoms with Gasteiger partial charge in [-0.15, -0.1) is 0 Å². The van der Waals surface area contributed by atoms with Crippen LogP contribution >= 0.6 is 0 Å². The van der Waals surface area contributed by atoms with E-state index in [1.807, 2.05) is 41.5 Å². The lowest BCUT2D eigenvalue weighted by molar-refractivity contribution is 0.00622. The molecule has 0 fully saturated rings. The number of esters is 1. The maximum Gasteiger partial charge on any atom is 0.355 e. The van der Waals surface area contributed by atoms with Crippen molar-refractivity contribution in [3.8, 4) is 0 Å². The molecule has 3 nitrogen and oxygen atoms in total. The zero-order chi connectivity index (χ0) is 12.5. The molecule has 0 aliphatic carbocycles. The van der Waals surface area contributed by atoms with Crippen LogP contribution in [0.4, 0.5) is 0 Å². The van der Waals surface area contributed by atoms with E-state index in [2.05, 4.69) is 4.98 Å². The van der Waals surface area contributed by atoms with Crippen molar-refractivity contribution >= 4 is 5.97 Å². The number of aromatic amines is 1. The first-order valence-corrected chi connectivity index (χ1v) is 5.67. The molecule has 0 radical (unpaired) electrons. The van der Waals surface area contributed by atoms with Gasteiger partial charge in [0.25, 0.3) is 0 Å². The highest BCUT2D eigenvalue weighted by atomic mass is 16.6. The summed E-state index contributed by atoms with van der Waals surface area (Å²) in [6.07, 6.45) is 0.838. The Morgan fingerprint density at radius 2 is 1.88 bits per heavy atom. The number of hydrogen-bond donors (Lipinski definition) is 1. The second-order valence-electron chi connectivity index (χ2n) is 5.08.